The smallest absolute Gasteiger partial charge is 0.245 e. The van der Waals surface area contributed by atoms with Crippen LogP contribution in [0.1, 0.15) is 38.4 Å². The van der Waals surface area contributed by atoms with E-state index in [0.29, 0.717) is 30.6 Å². The molecule has 1 aromatic heterocycles. The topological polar surface area (TPSA) is 77.6 Å². The van der Waals surface area contributed by atoms with E-state index in [0.717, 1.165) is 18.5 Å². The van der Waals surface area contributed by atoms with Crippen LogP contribution in [0.3, 0.4) is 0 Å². The van der Waals surface area contributed by atoms with Gasteiger partial charge < -0.3 is 15.0 Å². The van der Waals surface area contributed by atoms with Crippen LogP contribution in [0.2, 0.25) is 0 Å². The summed E-state index contributed by atoms with van der Waals surface area (Å²) in [4.78, 5) is 0.357. The van der Waals surface area contributed by atoms with Crippen molar-refractivity contribution in [1.82, 2.24) is 8.87 Å². The zero-order valence-electron chi connectivity index (χ0n) is 12.5. The largest absolute Gasteiger partial charge is 0.375 e. The summed E-state index contributed by atoms with van der Waals surface area (Å²) < 4.78 is 34.9. The monoisotopic (exact) mass is 313 g/mol. The molecular weight excluding hydrogens is 290 g/mol. The van der Waals surface area contributed by atoms with Gasteiger partial charge in [0.15, 0.2) is 0 Å². The van der Waals surface area contributed by atoms with Crippen LogP contribution < -0.4 is 5.73 Å². The molecule has 1 aliphatic heterocycles. The second-order valence-electron chi connectivity index (χ2n) is 6.08. The molecule has 2 aliphatic rings. The Morgan fingerprint density at radius 2 is 2.10 bits per heavy atom. The molecule has 0 aromatic carbocycles. The molecular formula is C14H23N3O3S. The van der Waals surface area contributed by atoms with Crippen molar-refractivity contribution in [2.75, 3.05) is 13.2 Å². The van der Waals surface area contributed by atoms with E-state index in [2.05, 4.69) is 0 Å². The number of rotatable bonds is 4. The summed E-state index contributed by atoms with van der Waals surface area (Å²) in [7, 11) is -3.48. The van der Waals surface area contributed by atoms with Crippen LogP contribution in [0.25, 0.3) is 0 Å². The van der Waals surface area contributed by atoms with Crippen molar-refractivity contribution < 1.29 is 13.2 Å². The summed E-state index contributed by atoms with van der Waals surface area (Å²) in [6.45, 7) is 4.98. The van der Waals surface area contributed by atoms with Crippen molar-refractivity contribution in [2.45, 2.75) is 56.3 Å². The molecule has 1 aromatic rings. The van der Waals surface area contributed by atoms with Gasteiger partial charge in [0.1, 0.15) is 4.90 Å². The first kappa shape index (κ1) is 15.0. The molecule has 6 nitrogen and oxygen atoms in total. The van der Waals surface area contributed by atoms with Crippen molar-refractivity contribution in [3.63, 3.8) is 0 Å². The van der Waals surface area contributed by atoms with Gasteiger partial charge in [-0.1, -0.05) is 0 Å². The molecule has 2 fully saturated rings. The van der Waals surface area contributed by atoms with Gasteiger partial charge in [-0.05, 0) is 32.8 Å². The minimum atomic E-state index is -3.48. The molecule has 21 heavy (non-hydrogen) atoms. The quantitative estimate of drug-likeness (QED) is 0.902. The number of morpholine rings is 1. The summed E-state index contributed by atoms with van der Waals surface area (Å²) in [5.41, 5.74) is 6.64. The van der Waals surface area contributed by atoms with Gasteiger partial charge in [-0.25, -0.2) is 8.42 Å². The normalized spacial score (nSPS) is 28.0. The molecule has 2 atom stereocenters. The maximum absolute atomic E-state index is 12.9. The van der Waals surface area contributed by atoms with E-state index in [1.54, 1.807) is 16.6 Å². The highest BCUT2D eigenvalue weighted by Gasteiger charge is 2.36. The average molecular weight is 313 g/mol. The summed E-state index contributed by atoms with van der Waals surface area (Å²) >= 11 is 0. The Morgan fingerprint density at radius 3 is 2.71 bits per heavy atom. The van der Waals surface area contributed by atoms with Crippen molar-refractivity contribution >= 4 is 10.0 Å². The second kappa shape index (κ2) is 5.39. The van der Waals surface area contributed by atoms with Crippen molar-refractivity contribution in [3.05, 3.63) is 18.0 Å². The third-order valence-corrected chi connectivity index (χ3v) is 6.16. The number of sulfonamides is 1. The molecule has 2 unspecified atom stereocenters. The molecule has 3 rings (SSSR count). The predicted octanol–water partition coefficient (Wildman–Crippen LogP) is 1.08. The van der Waals surface area contributed by atoms with Gasteiger partial charge in [0.05, 0.1) is 12.7 Å². The van der Waals surface area contributed by atoms with Crippen molar-refractivity contribution in [3.8, 4) is 0 Å². The Hall–Kier alpha value is -0.890. The third-order valence-electron chi connectivity index (χ3n) is 4.21. The Morgan fingerprint density at radius 1 is 1.38 bits per heavy atom. The predicted molar refractivity (Wildman–Crippen MR) is 79.4 cm³/mol. The molecule has 0 bridgehead atoms. The number of nitrogens with zero attached hydrogens (tertiary/aromatic N) is 2. The van der Waals surface area contributed by atoms with Crippen LogP contribution >= 0.6 is 0 Å². The molecule has 0 amide bonds. The molecule has 0 radical (unpaired) electrons. The van der Waals surface area contributed by atoms with Gasteiger partial charge in [-0.2, -0.15) is 4.31 Å². The summed E-state index contributed by atoms with van der Waals surface area (Å²) in [5.74, 6) is 0. The molecule has 118 valence electrons. The minimum absolute atomic E-state index is 0.0736. The van der Waals surface area contributed by atoms with Crippen LogP contribution in [0, 0.1) is 0 Å². The lowest BCUT2D eigenvalue weighted by Crippen LogP contribution is -2.49. The Bertz CT molecular complexity index is 621. The summed E-state index contributed by atoms with van der Waals surface area (Å²) in [6, 6.07) is 2.01. The van der Waals surface area contributed by atoms with E-state index < -0.39 is 10.0 Å². The summed E-state index contributed by atoms with van der Waals surface area (Å²) in [6.07, 6.45) is 3.89. The highest BCUT2D eigenvalue weighted by Crippen LogP contribution is 2.37. The van der Waals surface area contributed by atoms with Gasteiger partial charge in [-0.3, -0.25) is 0 Å². The highest BCUT2D eigenvalue weighted by atomic mass is 32.2. The van der Waals surface area contributed by atoms with Gasteiger partial charge in [0.25, 0.3) is 0 Å². The Labute approximate surface area is 125 Å². The zero-order valence-corrected chi connectivity index (χ0v) is 13.3. The van der Waals surface area contributed by atoms with Crippen molar-refractivity contribution in [2.24, 2.45) is 5.73 Å². The lowest BCUT2D eigenvalue weighted by molar-refractivity contribution is -0.0170. The van der Waals surface area contributed by atoms with E-state index in [1.807, 2.05) is 18.4 Å². The van der Waals surface area contributed by atoms with Gasteiger partial charge in [-0.15, -0.1) is 0 Å². The number of aromatic nitrogens is 1. The zero-order chi connectivity index (χ0) is 15.2. The lowest BCUT2D eigenvalue weighted by atomic mass is 10.2. The molecule has 1 aliphatic carbocycles. The Balaban J connectivity index is 1.94. The summed E-state index contributed by atoms with van der Waals surface area (Å²) in [5, 5.41) is 0. The molecule has 0 spiro atoms. The average Bonchev–Trinajstić information content (AvgIpc) is 3.20. The van der Waals surface area contributed by atoms with Crippen LogP contribution in [-0.4, -0.2) is 42.6 Å². The molecule has 1 saturated carbocycles. The molecule has 1 saturated heterocycles. The van der Waals surface area contributed by atoms with E-state index >= 15 is 0 Å². The Kier molecular flexibility index (Phi) is 3.85. The maximum atomic E-state index is 12.9. The fraction of sp³-hybridized carbons (Fsp3) is 0.714. The van der Waals surface area contributed by atoms with Crippen LogP contribution in [0.5, 0.6) is 0 Å². The highest BCUT2D eigenvalue weighted by molar-refractivity contribution is 7.89. The first-order chi connectivity index (χ1) is 9.93. The molecule has 2 heterocycles. The lowest BCUT2D eigenvalue weighted by Gasteiger charge is -2.35. The number of nitrogens with two attached hydrogens (primary N) is 1. The van der Waals surface area contributed by atoms with E-state index in [1.165, 1.54) is 0 Å². The van der Waals surface area contributed by atoms with Crippen LogP contribution in [0.4, 0.5) is 0 Å². The second-order valence-corrected chi connectivity index (χ2v) is 7.97. The van der Waals surface area contributed by atoms with E-state index in [-0.39, 0.29) is 12.1 Å². The SMILES string of the molecule is CC1CN(S(=O)(=O)c2cc(CN)n(C3CC3)c2)C(C)CO1. The van der Waals surface area contributed by atoms with Crippen LogP contribution in [0.15, 0.2) is 17.2 Å². The van der Waals surface area contributed by atoms with Gasteiger partial charge >= 0.3 is 0 Å². The van der Waals surface area contributed by atoms with E-state index in [4.69, 9.17) is 10.5 Å². The minimum Gasteiger partial charge on any atom is -0.375 e. The van der Waals surface area contributed by atoms with Crippen LogP contribution in [-0.2, 0) is 21.3 Å². The van der Waals surface area contributed by atoms with Gasteiger partial charge in [0, 0.05) is 37.1 Å². The third kappa shape index (κ3) is 2.75. The fourth-order valence-electron chi connectivity index (χ4n) is 2.84. The van der Waals surface area contributed by atoms with E-state index in [9.17, 15) is 8.42 Å². The molecule has 2 N–H and O–H groups in total. The number of ether oxygens (including phenoxy) is 1. The molecule has 7 heteroatoms. The fourth-order valence-corrected chi connectivity index (χ4v) is 4.58. The van der Waals surface area contributed by atoms with Gasteiger partial charge in [0.2, 0.25) is 10.0 Å². The number of hydrogen-bond donors (Lipinski definition) is 1. The first-order valence-electron chi connectivity index (χ1n) is 7.47. The standard InChI is InChI=1S/C14H23N3O3S/c1-10-9-20-11(2)7-17(10)21(18,19)14-5-13(6-15)16(8-14)12-3-4-12/h5,8,10-12H,3-4,6-7,9,15H2,1-2H3. The number of hydrogen-bond acceptors (Lipinski definition) is 4. The van der Waals surface area contributed by atoms with Crippen molar-refractivity contribution in [1.29, 1.82) is 0 Å². The maximum Gasteiger partial charge on any atom is 0.245 e. The first-order valence-corrected chi connectivity index (χ1v) is 8.91.